The highest BCUT2D eigenvalue weighted by molar-refractivity contribution is 5.92. The zero-order valence-corrected chi connectivity index (χ0v) is 16.4. The van der Waals surface area contributed by atoms with E-state index in [4.69, 9.17) is 4.74 Å². The molecule has 140 valence electrons. The molecule has 0 aliphatic heterocycles. The maximum Gasteiger partial charge on any atom is 0.167 e. The molecule has 3 nitrogen and oxygen atoms in total. The van der Waals surface area contributed by atoms with Gasteiger partial charge in [0.25, 0.3) is 0 Å². The summed E-state index contributed by atoms with van der Waals surface area (Å²) in [5, 5.41) is 0. The number of hydrogen-bond acceptors (Lipinski definition) is 2. The van der Waals surface area contributed by atoms with E-state index in [1.165, 1.54) is 0 Å². The molecule has 0 atom stereocenters. The Morgan fingerprint density at radius 2 is 1.68 bits per heavy atom. The van der Waals surface area contributed by atoms with Gasteiger partial charge in [0.15, 0.2) is 6.29 Å². The van der Waals surface area contributed by atoms with Gasteiger partial charge in [-0.3, -0.25) is 4.79 Å². The quantitative estimate of drug-likeness (QED) is 0.409. The van der Waals surface area contributed by atoms with Crippen LogP contribution >= 0.6 is 0 Å². The molecular formula is C25H23NO2. The first-order valence-corrected chi connectivity index (χ1v) is 9.42. The van der Waals surface area contributed by atoms with Crippen LogP contribution in [-0.2, 0) is 6.61 Å². The third kappa shape index (κ3) is 3.31. The van der Waals surface area contributed by atoms with Crippen molar-refractivity contribution < 1.29 is 9.53 Å². The molecule has 0 aliphatic rings. The van der Waals surface area contributed by atoms with Gasteiger partial charge in [-0.1, -0.05) is 36.4 Å². The van der Waals surface area contributed by atoms with Crippen molar-refractivity contribution in [2.24, 2.45) is 0 Å². The average molecular weight is 369 g/mol. The summed E-state index contributed by atoms with van der Waals surface area (Å²) in [5.74, 6) is 0.824. The van der Waals surface area contributed by atoms with Crippen molar-refractivity contribution in [3.63, 3.8) is 0 Å². The van der Waals surface area contributed by atoms with Gasteiger partial charge in [-0.2, -0.15) is 0 Å². The van der Waals surface area contributed by atoms with Gasteiger partial charge in [-0.05, 0) is 67.3 Å². The minimum absolute atomic E-state index is 0.487. The van der Waals surface area contributed by atoms with Gasteiger partial charge in [0.2, 0.25) is 0 Å². The van der Waals surface area contributed by atoms with Gasteiger partial charge in [0.05, 0.1) is 5.69 Å². The Morgan fingerprint density at radius 1 is 0.893 bits per heavy atom. The second kappa shape index (κ2) is 7.35. The summed E-state index contributed by atoms with van der Waals surface area (Å²) >= 11 is 0. The van der Waals surface area contributed by atoms with Gasteiger partial charge in [-0.15, -0.1) is 0 Å². The van der Waals surface area contributed by atoms with E-state index in [1.54, 1.807) is 0 Å². The first-order valence-electron chi connectivity index (χ1n) is 9.42. The standard InChI is InChI=1S/C25H23NO2/c1-17-9-10-26-21(12-17)14-22(24(26)15-27)23-13-18(2)11-19(3)25(23)28-16-20-7-5-4-6-8-20/h4-15H,16H2,1-3H3. The van der Waals surface area contributed by atoms with Crippen molar-refractivity contribution in [1.82, 2.24) is 4.40 Å². The molecule has 0 unspecified atom stereocenters. The number of nitrogens with zero attached hydrogens (tertiary/aromatic N) is 1. The van der Waals surface area contributed by atoms with E-state index in [-0.39, 0.29) is 0 Å². The number of ether oxygens (including phenoxy) is 1. The Morgan fingerprint density at radius 3 is 2.43 bits per heavy atom. The Kier molecular flexibility index (Phi) is 4.74. The lowest BCUT2D eigenvalue weighted by Crippen LogP contribution is -2.00. The molecule has 2 aromatic heterocycles. The van der Waals surface area contributed by atoms with Crippen LogP contribution in [-0.4, -0.2) is 10.7 Å². The first kappa shape index (κ1) is 18.1. The summed E-state index contributed by atoms with van der Waals surface area (Å²) in [6.45, 7) is 6.66. The molecule has 0 saturated carbocycles. The minimum atomic E-state index is 0.487. The molecule has 4 rings (SSSR count). The highest BCUT2D eigenvalue weighted by atomic mass is 16.5. The van der Waals surface area contributed by atoms with Crippen LogP contribution in [0.5, 0.6) is 5.75 Å². The Balaban J connectivity index is 1.85. The van der Waals surface area contributed by atoms with E-state index in [9.17, 15) is 4.79 Å². The molecular weight excluding hydrogens is 346 g/mol. The molecule has 2 heterocycles. The number of hydrogen-bond donors (Lipinski definition) is 0. The van der Waals surface area contributed by atoms with E-state index in [0.717, 1.165) is 50.9 Å². The molecule has 0 bridgehead atoms. The molecule has 0 fully saturated rings. The zero-order valence-electron chi connectivity index (χ0n) is 16.4. The number of aldehydes is 1. The molecule has 0 amide bonds. The second-order valence-electron chi connectivity index (χ2n) is 7.29. The first-order chi connectivity index (χ1) is 13.6. The molecule has 28 heavy (non-hydrogen) atoms. The number of rotatable bonds is 5. The molecule has 0 radical (unpaired) electrons. The third-order valence-corrected chi connectivity index (χ3v) is 5.01. The zero-order chi connectivity index (χ0) is 19.7. The summed E-state index contributed by atoms with van der Waals surface area (Å²) in [4.78, 5) is 12.0. The van der Waals surface area contributed by atoms with E-state index >= 15 is 0 Å². The SMILES string of the molecule is Cc1cc(C)c(OCc2ccccc2)c(-c2cc3cc(C)ccn3c2C=O)c1. The number of benzene rings is 2. The minimum Gasteiger partial charge on any atom is -0.488 e. The lowest BCUT2D eigenvalue weighted by molar-refractivity contribution is 0.111. The summed E-state index contributed by atoms with van der Waals surface area (Å²) in [6.07, 6.45) is 2.88. The summed E-state index contributed by atoms with van der Waals surface area (Å²) in [7, 11) is 0. The maximum absolute atomic E-state index is 12.0. The van der Waals surface area contributed by atoms with Crippen molar-refractivity contribution >= 4 is 11.8 Å². The summed E-state index contributed by atoms with van der Waals surface area (Å²) < 4.78 is 8.20. The predicted molar refractivity (Wildman–Crippen MR) is 113 cm³/mol. The highest BCUT2D eigenvalue weighted by Crippen LogP contribution is 2.38. The Labute approximate surface area is 165 Å². The molecule has 4 aromatic rings. The van der Waals surface area contributed by atoms with Crippen LogP contribution in [0, 0.1) is 20.8 Å². The molecule has 2 aromatic carbocycles. The van der Waals surface area contributed by atoms with Crippen LogP contribution in [0.15, 0.2) is 66.9 Å². The Hall–Kier alpha value is -3.33. The van der Waals surface area contributed by atoms with Gasteiger partial charge >= 0.3 is 0 Å². The number of aryl methyl sites for hydroxylation is 3. The summed E-state index contributed by atoms with van der Waals surface area (Å²) in [6, 6.07) is 20.5. The largest absolute Gasteiger partial charge is 0.488 e. The van der Waals surface area contributed by atoms with E-state index in [1.807, 2.05) is 34.9 Å². The van der Waals surface area contributed by atoms with Crippen molar-refractivity contribution in [3.8, 4) is 16.9 Å². The number of carbonyl (C=O) groups excluding carboxylic acids is 1. The maximum atomic E-state index is 12.0. The Bertz CT molecular complexity index is 1160. The normalized spacial score (nSPS) is 11.0. The average Bonchev–Trinajstić information content (AvgIpc) is 3.05. The van der Waals surface area contributed by atoms with Gasteiger partial charge in [0, 0.05) is 22.8 Å². The van der Waals surface area contributed by atoms with Crippen molar-refractivity contribution in [3.05, 3.63) is 94.8 Å². The highest BCUT2D eigenvalue weighted by Gasteiger charge is 2.18. The van der Waals surface area contributed by atoms with E-state index < -0.39 is 0 Å². The molecule has 0 aliphatic carbocycles. The number of carbonyl (C=O) groups is 1. The predicted octanol–water partition coefficient (Wildman–Crippen LogP) is 5.92. The van der Waals surface area contributed by atoms with E-state index in [0.29, 0.717) is 12.3 Å². The number of fused-ring (bicyclic) bond motifs is 1. The van der Waals surface area contributed by atoms with Crippen molar-refractivity contribution in [1.29, 1.82) is 0 Å². The number of pyridine rings is 1. The fourth-order valence-electron chi connectivity index (χ4n) is 3.72. The van der Waals surface area contributed by atoms with Gasteiger partial charge < -0.3 is 9.14 Å². The lowest BCUT2D eigenvalue weighted by Gasteiger charge is -2.15. The van der Waals surface area contributed by atoms with Crippen LogP contribution in [0.25, 0.3) is 16.6 Å². The molecule has 0 saturated heterocycles. The summed E-state index contributed by atoms with van der Waals surface area (Å²) in [5.41, 5.74) is 7.98. The van der Waals surface area contributed by atoms with Crippen molar-refractivity contribution in [2.75, 3.05) is 0 Å². The van der Waals surface area contributed by atoms with Crippen LogP contribution in [0.4, 0.5) is 0 Å². The fourth-order valence-corrected chi connectivity index (χ4v) is 3.72. The molecule has 0 N–H and O–H groups in total. The third-order valence-electron chi connectivity index (χ3n) is 5.01. The fraction of sp³-hybridized carbons (Fsp3) is 0.160. The van der Waals surface area contributed by atoms with Crippen LogP contribution in [0.2, 0.25) is 0 Å². The molecule has 0 spiro atoms. The van der Waals surface area contributed by atoms with Crippen LogP contribution in [0.3, 0.4) is 0 Å². The van der Waals surface area contributed by atoms with Gasteiger partial charge in [-0.25, -0.2) is 0 Å². The van der Waals surface area contributed by atoms with Gasteiger partial charge in [0.1, 0.15) is 12.4 Å². The monoisotopic (exact) mass is 369 g/mol. The molecule has 3 heteroatoms. The van der Waals surface area contributed by atoms with Crippen molar-refractivity contribution in [2.45, 2.75) is 27.4 Å². The number of aromatic nitrogens is 1. The van der Waals surface area contributed by atoms with Crippen LogP contribution < -0.4 is 4.74 Å². The van der Waals surface area contributed by atoms with Crippen LogP contribution in [0.1, 0.15) is 32.7 Å². The topological polar surface area (TPSA) is 30.7 Å². The van der Waals surface area contributed by atoms with E-state index in [2.05, 4.69) is 57.2 Å². The lowest BCUT2D eigenvalue weighted by atomic mass is 9.99. The second-order valence-corrected chi connectivity index (χ2v) is 7.29. The smallest absolute Gasteiger partial charge is 0.167 e.